The second kappa shape index (κ2) is 6.33. The molecule has 1 atom stereocenters. The molecular weight excluding hydrogens is 248 g/mol. The van der Waals surface area contributed by atoms with Gasteiger partial charge in [0.05, 0.1) is 11.7 Å². The summed E-state index contributed by atoms with van der Waals surface area (Å²) < 4.78 is 0. The van der Waals surface area contributed by atoms with Crippen molar-refractivity contribution >= 4 is 5.91 Å². The van der Waals surface area contributed by atoms with Crippen LogP contribution in [-0.4, -0.2) is 10.9 Å². The number of rotatable bonds is 4. The van der Waals surface area contributed by atoms with Gasteiger partial charge in [-0.15, -0.1) is 0 Å². The van der Waals surface area contributed by atoms with Crippen LogP contribution in [0.25, 0.3) is 0 Å². The number of carbonyl (C=O) groups excluding carboxylic acids is 1. The molecule has 0 spiro atoms. The van der Waals surface area contributed by atoms with E-state index in [1.165, 1.54) is 0 Å². The first-order chi connectivity index (χ1) is 9.58. The van der Waals surface area contributed by atoms with Crippen molar-refractivity contribution in [1.82, 2.24) is 10.3 Å². The normalized spacial score (nSPS) is 12.2. The Morgan fingerprint density at radius 3 is 2.35 bits per heavy atom. The maximum atomic E-state index is 12.3. The molecule has 3 nitrogen and oxygen atoms in total. The van der Waals surface area contributed by atoms with E-state index in [9.17, 15) is 4.79 Å². The minimum atomic E-state index is -0.0787. The zero-order valence-electron chi connectivity index (χ0n) is 12.1. The highest BCUT2D eigenvalue weighted by Gasteiger charge is 2.19. The Balaban J connectivity index is 2.17. The summed E-state index contributed by atoms with van der Waals surface area (Å²) in [6, 6.07) is 13.3. The maximum Gasteiger partial charge on any atom is 0.251 e. The third-order valence-electron chi connectivity index (χ3n) is 3.27. The van der Waals surface area contributed by atoms with Crippen LogP contribution in [0, 0.1) is 12.8 Å². The van der Waals surface area contributed by atoms with Crippen molar-refractivity contribution in [2.24, 2.45) is 5.92 Å². The van der Waals surface area contributed by atoms with Crippen molar-refractivity contribution in [3.8, 4) is 0 Å². The molecule has 20 heavy (non-hydrogen) atoms. The molecule has 1 unspecified atom stereocenters. The third-order valence-corrected chi connectivity index (χ3v) is 3.27. The standard InChI is InChI=1S/C17H20N2O/c1-12(2)16(15-6-4-5-11-18-15)19-17(20)14-9-7-13(3)8-10-14/h4-12,16H,1-3H3,(H,19,20). The number of nitrogens with one attached hydrogen (secondary N) is 1. The van der Waals surface area contributed by atoms with E-state index in [1.807, 2.05) is 49.4 Å². The van der Waals surface area contributed by atoms with Gasteiger partial charge in [0.25, 0.3) is 5.91 Å². The van der Waals surface area contributed by atoms with Crippen LogP contribution in [0.3, 0.4) is 0 Å². The maximum absolute atomic E-state index is 12.3. The first kappa shape index (κ1) is 14.3. The number of aryl methyl sites for hydroxylation is 1. The summed E-state index contributed by atoms with van der Waals surface area (Å²) in [5.74, 6) is 0.216. The number of nitrogens with zero attached hydrogens (tertiary/aromatic N) is 1. The zero-order chi connectivity index (χ0) is 14.5. The van der Waals surface area contributed by atoms with Crippen molar-refractivity contribution in [2.75, 3.05) is 0 Å². The van der Waals surface area contributed by atoms with E-state index in [0.717, 1.165) is 11.3 Å². The van der Waals surface area contributed by atoms with E-state index in [4.69, 9.17) is 0 Å². The van der Waals surface area contributed by atoms with Crippen LogP contribution in [0.1, 0.15) is 41.5 Å². The van der Waals surface area contributed by atoms with E-state index in [-0.39, 0.29) is 17.9 Å². The van der Waals surface area contributed by atoms with Crippen LogP contribution in [-0.2, 0) is 0 Å². The summed E-state index contributed by atoms with van der Waals surface area (Å²) in [6.45, 7) is 6.16. The van der Waals surface area contributed by atoms with Crippen LogP contribution < -0.4 is 5.32 Å². The molecule has 0 bridgehead atoms. The highest BCUT2D eigenvalue weighted by molar-refractivity contribution is 5.94. The molecule has 0 aliphatic rings. The summed E-state index contributed by atoms with van der Waals surface area (Å²) in [5, 5.41) is 3.07. The lowest BCUT2D eigenvalue weighted by molar-refractivity contribution is 0.0924. The van der Waals surface area contributed by atoms with Crippen LogP contribution >= 0.6 is 0 Å². The van der Waals surface area contributed by atoms with E-state index in [2.05, 4.69) is 24.1 Å². The molecule has 0 fully saturated rings. The molecule has 104 valence electrons. The van der Waals surface area contributed by atoms with Crippen molar-refractivity contribution in [1.29, 1.82) is 0 Å². The van der Waals surface area contributed by atoms with Gasteiger partial charge in [0.2, 0.25) is 0 Å². The van der Waals surface area contributed by atoms with E-state index in [1.54, 1.807) is 6.20 Å². The minimum Gasteiger partial charge on any atom is -0.343 e. The second-order valence-corrected chi connectivity index (χ2v) is 5.32. The lowest BCUT2D eigenvalue weighted by atomic mass is 9.99. The highest BCUT2D eigenvalue weighted by atomic mass is 16.1. The van der Waals surface area contributed by atoms with Gasteiger partial charge in [0.1, 0.15) is 0 Å². The largest absolute Gasteiger partial charge is 0.343 e. The Bertz CT molecular complexity index is 561. The van der Waals surface area contributed by atoms with Gasteiger partial charge in [-0.1, -0.05) is 37.6 Å². The smallest absolute Gasteiger partial charge is 0.251 e. The van der Waals surface area contributed by atoms with Gasteiger partial charge in [-0.05, 0) is 37.1 Å². The van der Waals surface area contributed by atoms with Gasteiger partial charge in [0.15, 0.2) is 0 Å². The SMILES string of the molecule is Cc1ccc(C(=O)NC(c2ccccn2)C(C)C)cc1. The van der Waals surface area contributed by atoms with Gasteiger partial charge in [0, 0.05) is 11.8 Å². The number of hydrogen-bond donors (Lipinski definition) is 1. The summed E-state index contributed by atoms with van der Waals surface area (Å²) in [7, 11) is 0. The predicted molar refractivity (Wildman–Crippen MR) is 80.5 cm³/mol. The summed E-state index contributed by atoms with van der Waals surface area (Å²) in [4.78, 5) is 16.7. The molecule has 3 heteroatoms. The van der Waals surface area contributed by atoms with Gasteiger partial charge in [-0.2, -0.15) is 0 Å². The van der Waals surface area contributed by atoms with Crippen LogP contribution in [0.5, 0.6) is 0 Å². The lowest BCUT2D eigenvalue weighted by Crippen LogP contribution is -2.32. The number of pyridine rings is 1. The first-order valence-corrected chi connectivity index (χ1v) is 6.86. The number of carbonyl (C=O) groups is 1. The molecule has 0 radical (unpaired) electrons. The Hall–Kier alpha value is -2.16. The van der Waals surface area contributed by atoms with E-state index >= 15 is 0 Å². The molecular formula is C17H20N2O. The fourth-order valence-corrected chi connectivity index (χ4v) is 2.07. The van der Waals surface area contributed by atoms with Crippen LogP contribution in [0.15, 0.2) is 48.7 Å². The predicted octanol–water partition coefficient (Wildman–Crippen LogP) is 3.52. The van der Waals surface area contributed by atoms with Crippen molar-refractivity contribution in [3.05, 3.63) is 65.5 Å². The monoisotopic (exact) mass is 268 g/mol. The van der Waals surface area contributed by atoms with Crippen molar-refractivity contribution in [3.63, 3.8) is 0 Å². The molecule has 0 aliphatic heterocycles. The molecule has 1 N–H and O–H groups in total. The Morgan fingerprint density at radius 1 is 1.10 bits per heavy atom. The molecule has 1 aromatic heterocycles. The molecule has 1 amide bonds. The minimum absolute atomic E-state index is 0.0608. The van der Waals surface area contributed by atoms with E-state index < -0.39 is 0 Å². The van der Waals surface area contributed by atoms with Gasteiger partial charge < -0.3 is 5.32 Å². The fourth-order valence-electron chi connectivity index (χ4n) is 2.07. The third kappa shape index (κ3) is 3.44. The molecule has 0 saturated carbocycles. The number of hydrogen-bond acceptors (Lipinski definition) is 2. The molecule has 1 aromatic carbocycles. The first-order valence-electron chi connectivity index (χ1n) is 6.86. The average Bonchev–Trinajstić information content (AvgIpc) is 2.46. The Morgan fingerprint density at radius 2 is 1.80 bits per heavy atom. The van der Waals surface area contributed by atoms with Crippen molar-refractivity contribution < 1.29 is 4.79 Å². The molecule has 1 heterocycles. The van der Waals surface area contributed by atoms with Crippen LogP contribution in [0.4, 0.5) is 0 Å². The summed E-state index contributed by atoms with van der Waals surface area (Å²) >= 11 is 0. The van der Waals surface area contributed by atoms with Crippen LogP contribution in [0.2, 0.25) is 0 Å². The second-order valence-electron chi connectivity index (χ2n) is 5.32. The van der Waals surface area contributed by atoms with Gasteiger partial charge in [-0.25, -0.2) is 0 Å². The Labute approximate surface area is 120 Å². The summed E-state index contributed by atoms with van der Waals surface area (Å²) in [5.41, 5.74) is 2.71. The van der Waals surface area contributed by atoms with Crippen molar-refractivity contribution in [2.45, 2.75) is 26.8 Å². The fraction of sp³-hybridized carbons (Fsp3) is 0.294. The topological polar surface area (TPSA) is 42.0 Å². The molecule has 2 aromatic rings. The van der Waals surface area contributed by atoms with Gasteiger partial charge in [-0.3, -0.25) is 9.78 Å². The molecule has 2 rings (SSSR count). The zero-order valence-corrected chi connectivity index (χ0v) is 12.1. The quantitative estimate of drug-likeness (QED) is 0.922. The Kier molecular flexibility index (Phi) is 4.51. The lowest BCUT2D eigenvalue weighted by Gasteiger charge is -2.22. The molecule has 0 aliphatic carbocycles. The highest BCUT2D eigenvalue weighted by Crippen LogP contribution is 2.20. The van der Waals surface area contributed by atoms with E-state index in [0.29, 0.717) is 5.56 Å². The van der Waals surface area contributed by atoms with Gasteiger partial charge >= 0.3 is 0 Å². The average molecular weight is 268 g/mol. The summed E-state index contributed by atoms with van der Waals surface area (Å²) in [6.07, 6.45) is 1.75. The number of amides is 1. The molecule has 0 saturated heterocycles. The number of benzene rings is 1. The number of aromatic nitrogens is 1.